The molecule has 2 aliphatic heterocycles. The summed E-state index contributed by atoms with van der Waals surface area (Å²) in [7, 11) is 2.27. The summed E-state index contributed by atoms with van der Waals surface area (Å²) < 4.78 is 2.46. The molecule has 1 spiro atoms. The largest absolute Gasteiger partial charge is 0.325 e. The number of likely N-dealkylation sites (N-methyl/N-ethyl adjacent to an activating group) is 1. The second kappa shape index (κ2) is 7.15. The molecule has 5 nitrogen and oxygen atoms in total. The Kier molecular flexibility index (Phi) is 4.49. The van der Waals surface area contributed by atoms with Crippen LogP contribution in [0.2, 0.25) is 0 Å². The molecule has 144 valence electrons. The van der Waals surface area contributed by atoms with Crippen molar-refractivity contribution in [3.05, 3.63) is 72.4 Å². The zero-order valence-electron chi connectivity index (χ0n) is 16.5. The van der Waals surface area contributed by atoms with Gasteiger partial charge >= 0.3 is 0 Å². The summed E-state index contributed by atoms with van der Waals surface area (Å²) in [6.45, 7) is 5.17. The number of hydrogen-bond donors (Lipinski definition) is 0. The summed E-state index contributed by atoms with van der Waals surface area (Å²) in [6.07, 6.45) is 6.19. The van der Waals surface area contributed by atoms with Gasteiger partial charge in [0.05, 0.1) is 23.1 Å². The summed E-state index contributed by atoms with van der Waals surface area (Å²) in [4.78, 5) is 14.5. The minimum Gasteiger partial charge on any atom is -0.325 e. The molecule has 5 rings (SSSR count). The topological polar surface area (TPSA) is 37.2 Å². The molecule has 2 aromatic heterocycles. The first kappa shape index (κ1) is 17.6. The van der Waals surface area contributed by atoms with Crippen molar-refractivity contribution in [3.63, 3.8) is 0 Å². The van der Waals surface area contributed by atoms with Gasteiger partial charge in [-0.1, -0.05) is 36.4 Å². The third kappa shape index (κ3) is 2.95. The molecule has 3 aromatic rings. The lowest BCUT2D eigenvalue weighted by Gasteiger charge is -2.49. The third-order valence-corrected chi connectivity index (χ3v) is 6.53. The van der Waals surface area contributed by atoms with Crippen molar-refractivity contribution in [2.45, 2.75) is 31.5 Å². The number of likely N-dealkylation sites (tertiary alicyclic amines) is 1. The Labute approximate surface area is 166 Å². The Morgan fingerprint density at radius 2 is 1.68 bits per heavy atom. The van der Waals surface area contributed by atoms with Crippen LogP contribution < -0.4 is 0 Å². The van der Waals surface area contributed by atoms with E-state index in [0.717, 1.165) is 51.3 Å². The zero-order valence-corrected chi connectivity index (χ0v) is 16.5. The van der Waals surface area contributed by atoms with Crippen LogP contribution in [0.4, 0.5) is 0 Å². The highest BCUT2D eigenvalue weighted by Gasteiger charge is 2.45. The van der Waals surface area contributed by atoms with Crippen molar-refractivity contribution < 1.29 is 0 Å². The lowest BCUT2D eigenvalue weighted by molar-refractivity contribution is 0.00671. The van der Waals surface area contributed by atoms with Crippen molar-refractivity contribution in [2.75, 3.05) is 26.7 Å². The van der Waals surface area contributed by atoms with Crippen LogP contribution in [0.15, 0.2) is 60.9 Å². The standard InChI is InChI=1S/C23H27N5/c1-26-15-16-28-21(19-7-3-2-4-8-19)17-25-22(28)23(26)10-13-27(14-11-23)18-20-9-5-6-12-24-20/h2-9,12,17H,10-11,13-16,18H2,1H3. The highest BCUT2D eigenvalue weighted by atomic mass is 15.3. The monoisotopic (exact) mass is 373 g/mol. The fourth-order valence-electron chi connectivity index (χ4n) is 4.85. The maximum Gasteiger partial charge on any atom is 0.129 e. The Balaban J connectivity index is 1.40. The molecular weight excluding hydrogens is 346 g/mol. The van der Waals surface area contributed by atoms with E-state index >= 15 is 0 Å². The van der Waals surface area contributed by atoms with E-state index in [9.17, 15) is 0 Å². The highest BCUT2D eigenvalue weighted by Crippen LogP contribution is 2.41. The van der Waals surface area contributed by atoms with E-state index < -0.39 is 0 Å². The second-order valence-corrected chi connectivity index (χ2v) is 8.04. The van der Waals surface area contributed by atoms with Crippen LogP contribution in [0, 0.1) is 0 Å². The van der Waals surface area contributed by atoms with Crippen LogP contribution >= 0.6 is 0 Å². The van der Waals surface area contributed by atoms with Gasteiger partial charge in [0.25, 0.3) is 0 Å². The molecule has 0 saturated carbocycles. The van der Waals surface area contributed by atoms with Crippen molar-refractivity contribution >= 4 is 0 Å². The molecule has 0 aliphatic carbocycles. The average molecular weight is 374 g/mol. The van der Waals surface area contributed by atoms with E-state index in [2.05, 4.69) is 75.1 Å². The molecule has 28 heavy (non-hydrogen) atoms. The number of rotatable bonds is 3. The Morgan fingerprint density at radius 1 is 0.893 bits per heavy atom. The van der Waals surface area contributed by atoms with Crippen LogP contribution in [0.5, 0.6) is 0 Å². The molecule has 0 unspecified atom stereocenters. The molecule has 4 heterocycles. The van der Waals surface area contributed by atoms with Crippen molar-refractivity contribution in [1.82, 2.24) is 24.3 Å². The lowest BCUT2D eigenvalue weighted by Crippen LogP contribution is -2.56. The van der Waals surface area contributed by atoms with Gasteiger partial charge in [0.15, 0.2) is 0 Å². The van der Waals surface area contributed by atoms with Crippen LogP contribution in [-0.2, 0) is 18.6 Å². The van der Waals surface area contributed by atoms with Gasteiger partial charge in [-0.05, 0) is 37.6 Å². The van der Waals surface area contributed by atoms with Gasteiger partial charge in [-0.15, -0.1) is 0 Å². The number of nitrogens with zero attached hydrogens (tertiary/aromatic N) is 5. The summed E-state index contributed by atoms with van der Waals surface area (Å²) in [5.41, 5.74) is 3.71. The predicted octanol–water partition coefficient (Wildman–Crippen LogP) is 3.38. The molecule has 0 amide bonds. The molecule has 1 fully saturated rings. The summed E-state index contributed by atoms with van der Waals surface area (Å²) in [6, 6.07) is 16.8. The summed E-state index contributed by atoms with van der Waals surface area (Å²) >= 11 is 0. The molecule has 5 heteroatoms. The van der Waals surface area contributed by atoms with E-state index in [4.69, 9.17) is 4.98 Å². The zero-order chi connectivity index (χ0) is 19.0. The quantitative estimate of drug-likeness (QED) is 0.705. The lowest BCUT2D eigenvalue weighted by atomic mass is 9.83. The number of benzene rings is 1. The predicted molar refractivity (Wildman–Crippen MR) is 111 cm³/mol. The first-order valence-corrected chi connectivity index (χ1v) is 10.2. The van der Waals surface area contributed by atoms with E-state index in [1.165, 1.54) is 17.1 Å². The number of pyridine rings is 1. The second-order valence-electron chi connectivity index (χ2n) is 8.04. The molecule has 0 bridgehead atoms. The maximum absolute atomic E-state index is 4.96. The smallest absolute Gasteiger partial charge is 0.129 e. The first-order chi connectivity index (χ1) is 13.8. The van der Waals surface area contributed by atoms with Crippen molar-refractivity contribution in [2.24, 2.45) is 0 Å². The molecular formula is C23H27N5. The minimum atomic E-state index is 0.0475. The van der Waals surface area contributed by atoms with Crippen molar-refractivity contribution in [3.8, 4) is 11.3 Å². The van der Waals surface area contributed by atoms with Crippen molar-refractivity contribution in [1.29, 1.82) is 0 Å². The Morgan fingerprint density at radius 3 is 2.43 bits per heavy atom. The number of imidazole rings is 1. The number of aromatic nitrogens is 3. The first-order valence-electron chi connectivity index (χ1n) is 10.2. The SMILES string of the molecule is CN1CCn2c(-c3ccccc3)cnc2C12CCN(Cc1ccccn1)CC2. The average Bonchev–Trinajstić information content (AvgIpc) is 3.19. The number of piperidine rings is 1. The van der Waals surface area contributed by atoms with Gasteiger partial charge < -0.3 is 4.57 Å². The van der Waals surface area contributed by atoms with E-state index in [-0.39, 0.29) is 5.54 Å². The van der Waals surface area contributed by atoms with E-state index in [0.29, 0.717) is 0 Å². The summed E-state index contributed by atoms with van der Waals surface area (Å²) in [5, 5.41) is 0. The van der Waals surface area contributed by atoms with E-state index in [1.807, 2.05) is 12.3 Å². The summed E-state index contributed by atoms with van der Waals surface area (Å²) in [5.74, 6) is 1.25. The van der Waals surface area contributed by atoms with Crippen LogP contribution in [0.3, 0.4) is 0 Å². The van der Waals surface area contributed by atoms with Crippen LogP contribution in [0.25, 0.3) is 11.3 Å². The Hall–Kier alpha value is -2.50. The van der Waals surface area contributed by atoms with Gasteiger partial charge in [0, 0.05) is 38.9 Å². The van der Waals surface area contributed by atoms with Gasteiger partial charge in [0.2, 0.25) is 0 Å². The molecule has 2 aliphatic rings. The van der Waals surface area contributed by atoms with Crippen LogP contribution in [0.1, 0.15) is 24.4 Å². The molecule has 0 atom stereocenters. The minimum absolute atomic E-state index is 0.0475. The fraction of sp³-hybridized carbons (Fsp3) is 0.391. The molecule has 1 aromatic carbocycles. The maximum atomic E-state index is 4.96. The molecule has 1 saturated heterocycles. The Bertz CT molecular complexity index is 926. The molecule has 0 radical (unpaired) electrons. The van der Waals surface area contributed by atoms with Gasteiger partial charge in [-0.3, -0.25) is 14.8 Å². The fourth-order valence-corrected chi connectivity index (χ4v) is 4.85. The normalized spacial score (nSPS) is 19.6. The third-order valence-electron chi connectivity index (χ3n) is 6.53. The molecule has 0 N–H and O–H groups in total. The van der Waals surface area contributed by atoms with Gasteiger partial charge in [0.1, 0.15) is 5.82 Å². The van der Waals surface area contributed by atoms with Crippen LogP contribution in [-0.4, -0.2) is 51.0 Å². The number of hydrogen-bond acceptors (Lipinski definition) is 4. The van der Waals surface area contributed by atoms with Gasteiger partial charge in [-0.2, -0.15) is 0 Å². The van der Waals surface area contributed by atoms with E-state index in [1.54, 1.807) is 0 Å². The highest BCUT2D eigenvalue weighted by molar-refractivity contribution is 5.59. The van der Waals surface area contributed by atoms with Gasteiger partial charge in [-0.25, -0.2) is 4.98 Å². The number of fused-ring (bicyclic) bond motifs is 2.